The van der Waals surface area contributed by atoms with Crippen LogP contribution in [0.1, 0.15) is 33.3 Å². The molecule has 1 aromatic heterocycles. The summed E-state index contributed by atoms with van der Waals surface area (Å²) >= 11 is 1.30. The zero-order valence-corrected chi connectivity index (χ0v) is 20.3. The van der Waals surface area contributed by atoms with Gasteiger partial charge in [0.2, 0.25) is 5.91 Å². The maximum Gasteiger partial charge on any atom is 0.262 e. The molecule has 0 radical (unpaired) electrons. The zero-order valence-electron chi connectivity index (χ0n) is 19.5. The van der Waals surface area contributed by atoms with E-state index in [2.05, 4.69) is 37.9 Å². The van der Waals surface area contributed by atoms with Crippen LogP contribution in [0.5, 0.6) is 0 Å². The van der Waals surface area contributed by atoms with Gasteiger partial charge in [0.25, 0.3) is 5.56 Å². The Morgan fingerprint density at radius 3 is 2.50 bits per heavy atom. The lowest BCUT2D eigenvalue weighted by Gasteiger charge is -2.30. The van der Waals surface area contributed by atoms with Gasteiger partial charge in [0, 0.05) is 30.9 Å². The van der Waals surface area contributed by atoms with Crippen molar-refractivity contribution in [3.8, 4) is 0 Å². The van der Waals surface area contributed by atoms with E-state index in [0.717, 1.165) is 17.8 Å². The van der Waals surface area contributed by atoms with E-state index in [1.165, 1.54) is 11.8 Å². The van der Waals surface area contributed by atoms with Crippen molar-refractivity contribution < 1.29 is 4.79 Å². The van der Waals surface area contributed by atoms with Gasteiger partial charge in [-0.05, 0) is 64.4 Å². The fraction of sp³-hybridized carbons (Fsp3) is 0.400. The third-order valence-electron chi connectivity index (χ3n) is 5.37. The van der Waals surface area contributed by atoms with E-state index < -0.39 is 0 Å². The van der Waals surface area contributed by atoms with Gasteiger partial charge < -0.3 is 5.32 Å². The lowest BCUT2D eigenvalue weighted by Crippen LogP contribution is -2.40. The molecule has 0 fully saturated rings. The quantitative estimate of drug-likeness (QED) is 0.381. The summed E-state index contributed by atoms with van der Waals surface area (Å²) in [7, 11) is 0. The number of thioether (sulfide) groups is 1. The van der Waals surface area contributed by atoms with Crippen molar-refractivity contribution in [1.82, 2.24) is 14.5 Å². The minimum Gasteiger partial charge on any atom is -0.325 e. The first kappa shape index (κ1) is 24.0. The van der Waals surface area contributed by atoms with Gasteiger partial charge in [-0.2, -0.15) is 0 Å². The third-order valence-corrected chi connectivity index (χ3v) is 6.35. The van der Waals surface area contributed by atoms with Crippen LogP contribution in [0.15, 0.2) is 58.5 Å². The lowest BCUT2D eigenvalue weighted by molar-refractivity contribution is -0.113. The minimum absolute atomic E-state index is 0.0651. The number of carbonyl (C=O) groups is 1. The van der Waals surface area contributed by atoms with Gasteiger partial charge in [0.15, 0.2) is 5.16 Å². The van der Waals surface area contributed by atoms with Gasteiger partial charge in [-0.1, -0.05) is 36.0 Å². The van der Waals surface area contributed by atoms with E-state index >= 15 is 0 Å². The maximum atomic E-state index is 13.3. The number of para-hydroxylation sites is 1. The number of carbonyl (C=O) groups excluding carboxylic acids is 1. The number of hydrogen-bond donors (Lipinski definition) is 1. The Morgan fingerprint density at radius 2 is 1.81 bits per heavy atom. The summed E-state index contributed by atoms with van der Waals surface area (Å²) in [5.74, 6) is 0.0529. The Morgan fingerprint density at radius 1 is 1.09 bits per heavy atom. The van der Waals surface area contributed by atoms with Crippen LogP contribution in [0.25, 0.3) is 10.9 Å². The maximum absolute atomic E-state index is 13.3. The van der Waals surface area contributed by atoms with Crippen molar-refractivity contribution in [2.45, 2.75) is 58.4 Å². The second-order valence-electron chi connectivity index (χ2n) is 8.50. The van der Waals surface area contributed by atoms with E-state index in [9.17, 15) is 9.59 Å². The predicted molar refractivity (Wildman–Crippen MR) is 134 cm³/mol. The highest BCUT2D eigenvalue weighted by molar-refractivity contribution is 7.99. The molecular weight excluding hydrogens is 420 g/mol. The molecule has 0 spiro atoms. The van der Waals surface area contributed by atoms with Crippen LogP contribution in [0.4, 0.5) is 5.69 Å². The molecule has 1 N–H and O–H groups in total. The van der Waals surface area contributed by atoms with E-state index in [-0.39, 0.29) is 17.2 Å². The molecule has 0 atom stereocenters. The first-order chi connectivity index (χ1) is 15.3. The molecule has 1 heterocycles. The number of hydrogen-bond acceptors (Lipinski definition) is 5. The van der Waals surface area contributed by atoms with Crippen LogP contribution in [-0.2, 0) is 11.3 Å². The fourth-order valence-corrected chi connectivity index (χ4v) is 4.66. The molecule has 3 aromatic rings. The molecule has 2 aromatic carbocycles. The fourth-order valence-electron chi connectivity index (χ4n) is 3.83. The summed E-state index contributed by atoms with van der Waals surface area (Å²) in [5, 5.41) is 4.09. The third kappa shape index (κ3) is 5.99. The highest BCUT2D eigenvalue weighted by atomic mass is 32.2. The summed E-state index contributed by atoms with van der Waals surface area (Å²) in [4.78, 5) is 32.9. The first-order valence-electron chi connectivity index (χ1n) is 11.0. The number of aromatic nitrogens is 2. The molecule has 0 aliphatic carbocycles. The van der Waals surface area contributed by atoms with Crippen molar-refractivity contribution in [3.63, 3.8) is 0 Å². The van der Waals surface area contributed by atoms with Gasteiger partial charge in [-0.15, -0.1) is 0 Å². The molecule has 0 saturated carbocycles. The topological polar surface area (TPSA) is 67.2 Å². The van der Waals surface area contributed by atoms with Crippen LogP contribution in [-0.4, -0.2) is 44.7 Å². The van der Waals surface area contributed by atoms with Crippen LogP contribution < -0.4 is 10.9 Å². The molecule has 1 amide bonds. The van der Waals surface area contributed by atoms with Crippen LogP contribution >= 0.6 is 11.8 Å². The van der Waals surface area contributed by atoms with Gasteiger partial charge in [0.05, 0.1) is 16.7 Å². The number of anilines is 1. The minimum atomic E-state index is -0.124. The largest absolute Gasteiger partial charge is 0.325 e. The molecule has 3 rings (SSSR count). The highest BCUT2D eigenvalue weighted by Crippen LogP contribution is 2.19. The number of fused-ring (bicyclic) bond motifs is 1. The van der Waals surface area contributed by atoms with Crippen LogP contribution in [0, 0.1) is 6.92 Å². The summed E-state index contributed by atoms with van der Waals surface area (Å²) < 4.78 is 1.71. The van der Waals surface area contributed by atoms with Crippen molar-refractivity contribution in [2.75, 3.05) is 17.6 Å². The van der Waals surface area contributed by atoms with Gasteiger partial charge in [0.1, 0.15) is 0 Å². The molecule has 0 aliphatic heterocycles. The lowest BCUT2D eigenvalue weighted by atomic mass is 10.2. The van der Waals surface area contributed by atoms with E-state index in [1.54, 1.807) is 4.57 Å². The van der Waals surface area contributed by atoms with Gasteiger partial charge in [-0.25, -0.2) is 4.98 Å². The summed E-state index contributed by atoms with van der Waals surface area (Å²) in [6.45, 7) is 11.9. The Kier molecular flexibility index (Phi) is 8.10. The number of rotatable bonds is 9. The predicted octanol–water partition coefficient (Wildman–Crippen LogP) is 4.55. The standard InChI is InChI=1S/C25H32N4O2S/c1-17(2)28(18(3)4)13-14-29-24(31)21-11-6-7-12-22(21)27-25(29)32-16-23(30)26-20-10-8-9-19(5)15-20/h6-12,15,17-18H,13-14,16H2,1-5H3,(H,26,30). The molecule has 170 valence electrons. The molecule has 7 heteroatoms. The van der Waals surface area contributed by atoms with Crippen LogP contribution in [0.2, 0.25) is 0 Å². The Bertz CT molecular complexity index is 1130. The number of amides is 1. The van der Waals surface area contributed by atoms with Crippen molar-refractivity contribution in [3.05, 3.63) is 64.4 Å². The molecule has 0 aliphatic rings. The SMILES string of the molecule is Cc1cccc(NC(=O)CSc2nc3ccccc3c(=O)n2CCN(C(C)C)C(C)C)c1. The summed E-state index contributed by atoms with van der Waals surface area (Å²) in [5.41, 5.74) is 2.44. The van der Waals surface area contributed by atoms with E-state index in [4.69, 9.17) is 4.98 Å². The smallest absolute Gasteiger partial charge is 0.262 e. The first-order valence-corrected chi connectivity index (χ1v) is 12.0. The second kappa shape index (κ2) is 10.8. The van der Waals surface area contributed by atoms with Crippen molar-refractivity contribution in [2.24, 2.45) is 0 Å². The number of nitrogens with zero attached hydrogens (tertiary/aromatic N) is 3. The Hall–Kier alpha value is -2.64. The van der Waals surface area contributed by atoms with E-state index in [0.29, 0.717) is 34.7 Å². The molecule has 0 saturated heterocycles. The molecular formula is C25H32N4O2S. The van der Waals surface area contributed by atoms with Crippen LogP contribution in [0.3, 0.4) is 0 Å². The molecule has 6 nitrogen and oxygen atoms in total. The highest BCUT2D eigenvalue weighted by Gasteiger charge is 2.17. The Labute approximate surface area is 194 Å². The molecule has 0 unspecified atom stereocenters. The monoisotopic (exact) mass is 452 g/mol. The number of nitrogens with one attached hydrogen (secondary N) is 1. The van der Waals surface area contributed by atoms with E-state index in [1.807, 2.05) is 55.5 Å². The summed E-state index contributed by atoms with van der Waals surface area (Å²) in [6, 6.07) is 15.8. The molecule has 0 bridgehead atoms. The molecule has 32 heavy (non-hydrogen) atoms. The summed E-state index contributed by atoms with van der Waals surface area (Å²) in [6.07, 6.45) is 0. The average molecular weight is 453 g/mol. The van der Waals surface area contributed by atoms with Crippen molar-refractivity contribution >= 4 is 34.3 Å². The average Bonchev–Trinajstić information content (AvgIpc) is 2.73. The van der Waals surface area contributed by atoms with Crippen molar-refractivity contribution in [1.29, 1.82) is 0 Å². The zero-order chi connectivity index (χ0) is 23.3. The van der Waals surface area contributed by atoms with Gasteiger partial charge in [-0.3, -0.25) is 19.1 Å². The number of benzene rings is 2. The second-order valence-corrected chi connectivity index (χ2v) is 9.44. The van der Waals surface area contributed by atoms with Gasteiger partial charge >= 0.3 is 0 Å². The Balaban J connectivity index is 1.83. The normalized spacial score (nSPS) is 11.6. The number of aryl methyl sites for hydroxylation is 1.